The molecule has 0 bridgehead atoms. The zero-order chi connectivity index (χ0) is 22.7. The van der Waals surface area contributed by atoms with Crippen LogP contribution in [0.1, 0.15) is 44.6 Å². The molecular formula is C19H24N2O9. The van der Waals surface area contributed by atoms with E-state index in [1.54, 1.807) is 13.8 Å². The van der Waals surface area contributed by atoms with Crippen molar-refractivity contribution in [1.82, 2.24) is 5.32 Å². The number of ether oxygens (including phenoxy) is 2. The van der Waals surface area contributed by atoms with Crippen LogP contribution in [-0.2, 0) is 28.7 Å². The number of nitro groups is 1. The van der Waals surface area contributed by atoms with Gasteiger partial charge in [0.1, 0.15) is 6.04 Å². The first-order chi connectivity index (χ1) is 14.2. The molecule has 30 heavy (non-hydrogen) atoms. The molecule has 0 aliphatic heterocycles. The van der Waals surface area contributed by atoms with Gasteiger partial charge < -0.3 is 19.9 Å². The van der Waals surface area contributed by atoms with Crippen molar-refractivity contribution in [2.24, 2.45) is 0 Å². The van der Waals surface area contributed by atoms with E-state index in [2.05, 4.69) is 5.32 Å². The Balaban J connectivity index is 3.07. The molecule has 0 heterocycles. The highest BCUT2D eigenvalue weighted by Crippen LogP contribution is 2.27. The molecule has 0 aliphatic carbocycles. The molecule has 164 valence electrons. The normalized spacial score (nSPS) is 12.3. The minimum absolute atomic E-state index is 0.0788. The average molecular weight is 424 g/mol. The maximum Gasteiger partial charge on any atom is 0.326 e. The number of hydrogen-bond donors (Lipinski definition) is 2. The van der Waals surface area contributed by atoms with Gasteiger partial charge in [0.05, 0.1) is 31.0 Å². The van der Waals surface area contributed by atoms with Crippen molar-refractivity contribution in [3.05, 3.63) is 39.9 Å². The fourth-order valence-corrected chi connectivity index (χ4v) is 2.70. The molecule has 0 spiro atoms. The van der Waals surface area contributed by atoms with Gasteiger partial charge in [0.25, 0.3) is 5.69 Å². The lowest BCUT2D eigenvalue weighted by Gasteiger charge is -2.24. The molecule has 1 aromatic carbocycles. The Bertz CT molecular complexity index is 777. The van der Waals surface area contributed by atoms with E-state index in [1.165, 1.54) is 24.3 Å². The van der Waals surface area contributed by atoms with E-state index < -0.39 is 40.7 Å². The number of nitrogens with zero attached hydrogens (tertiary/aromatic N) is 1. The molecule has 2 atom stereocenters. The van der Waals surface area contributed by atoms with E-state index in [-0.39, 0.29) is 38.2 Å². The molecule has 0 unspecified atom stereocenters. The van der Waals surface area contributed by atoms with Crippen molar-refractivity contribution in [1.29, 1.82) is 0 Å². The van der Waals surface area contributed by atoms with E-state index in [0.29, 0.717) is 5.56 Å². The van der Waals surface area contributed by atoms with Crippen LogP contribution in [0.2, 0.25) is 0 Å². The molecule has 0 radical (unpaired) electrons. The van der Waals surface area contributed by atoms with E-state index in [0.717, 1.165) is 0 Å². The first-order valence-electron chi connectivity index (χ1n) is 9.27. The van der Waals surface area contributed by atoms with Crippen LogP contribution in [0.25, 0.3) is 0 Å². The van der Waals surface area contributed by atoms with Gasteiger partial charge in [-0.1, -0.05) is 12.1 Å². The number of carbonyl (C=O) groups excluding carboxylic acids is 3. The van der Waals surface area contributed by atoms with Crippen LogP contribution in [0.3, 0.4) is 0 Å². The van der Waals surface area contributed by atoms with Gasteiger partial charge in [-0.05, 0) is 19.4 Å². The summed E-state index contributed by atoms with van der Waals surface area (Å²) in [6.07, 6.45) is -0.901. The van der Waals surface area contributed by atoms with Gasteiger partial charge in [-0.3, -0.25) is 24.5 Å². The van der Waals surface area contributed by atoms with Crippen molar-refractivity contribution in [2.75, 3.05) is 13.2 Å². The summed E-state index contributed by atoms with van der Waals surface area (Å²) in [4.78, 5) is 57.6. The first-order valence-corrected chi connectivity index (χ1v) is 9.27. The lowest BCUT2D eigenvalue weighted by Crippen LogP contribution is -2.45. The largest absolute Gasteiger partial charge is 0.480 e. The number of hydrogen-bond acceptors (Lipinski definition) is 8. The minimum Gasteiger partial charge on any atom is -0.480 e. The van der Waals surface area contributed by atoms with Gasteiger partial charge in [-0.15, -0.1) is 0 Å². The van der Waals surface area contributed by atoms with E-state index >= 15 is 0 Å². The average Bonchev–Trinajstić information content (AvgIpc) is 2.69. The molecule has 0 saturated carbocycles. The SMILES string of the molecule is CCOC(=O)CCC(=O)N[C@H](C(=O)O)[C@H](CC(=O)OCC)c1ccc([N+](=O)[O-])cc1. The summed E-state index contributed by atoms with van der Waals surface area (Å²) in [7, 11) is 0. The summed E-state index contributed by atoms with van der Waals surface area (Å²) < 4.78 is 9.60. The van der Waals surface area contributed by atoms with E-state index in [9.17, 15) is 34.4 Å². The number of esters is 2. The van der Waals surface area contributed by atoms with Gasteiger partial charge >= 0.3 is 17.9 Å². The highest BCUT2D eigenvalue weighted by atomic mass is 16.6. The highest BCUT2D eigenvalue weighted by Gasteiger charge is 2.33. The maximum absolute atomic E-state index is 12.2. The molecule has 0 saturated heterocycles. The van der Waals surface area contributed by atoms with Gasteiger partial charge in [0.2, 0.25) is 5.91 Å². The van der Waals surface area contributed by atoms with E-state index in [4.69, 9.17) is 9.47 Å². The van der Waals surface area contributed by atoms with Gasteiger partial charge in [-0.25, -0.2) is 4.79 Å². The fraction of sp³-hybridized carbons (Fsp3) is 0.474. The summed E-state index contributed by atoms with van der Waals surface area (Å²) in [5, 5.41) is 22.8. The molecule has 0 aromatic heterocycles. The first kappa shape index (κ1) is 24.5. The molecule has 0 fully saturated rings. The number of nitro benzene ring substituents is 1. The number of rotatable bonds is 12. The molecule has 0 aliphatic rings. The van der Waals surface area contributed by atoms with Gasteiger partial charge in [0, 0.05) is 24.5 Å². The summed E-state index contributed by atoms with van der Waals surface area (Å²) in [6, 6.07) is 3.47. The van der Waals surface area contributed by atoms with Crippen molar-refractivity contribution in [3.63, 3.8) is 0 Å². The number of non-ortho nitro benzene ring substituents is 1. The number of carboxylic acids is 1. The van der Waals surface area contributed by atoms with Crippen LogP contribution in [0, 0.1) is 10.1 Å². The lowest BCUT2D eigenvalue weighted by molar-refractivity contribution is -0.384. The fourth-order valence-electron chi connectivity index (χ4n) is 2.70. The summed E-state index contributed by atoms with van der Waals surface area (Å²) in [5.74, 6) is -4.46. The molecule has 11 heteroatoms. The van der Waals surface area contributed by atoms with Gasteiger partial charge in [0.15, 0.2) is 0 Å². The summed E-state index contributed by atoms with van der Waals surface area (Å²) in [5.41, 5.74) is 0.0886. The Morgan fingerprint density at radius 3 is 2.10 bits per heavy atom. The molecule has 1 amide bonds. The lowest BCUT2D eigenvalue weighted by atomic mass is 9.88. The van der Waals surface area contributed by atoms with Crippen LogP contribution in [0.15, 0.2) is 24.3 Å². The predicted octanol–water partition coefficient (Wildman–Crippen LogP) is 1.54. The van der Waals surface area contributed by atoms with Crippen LogP contribution < -0.4 is 5.32 Å². The van der Waals surface area contributed by atoms with Crippen LogP contribution in [-0.4, -0.2) is 53.1 Å². The van der Waals surface area contributed by atoms with Crippen LogP contribution >= 0.6 is 0 Å². The standard InChI is InChI=1S/C19H24N2O9/c1-3-29-16(23)10-9-15(22)20-18(19(25)26)14(11-17(24)30-4-2)12-5-7-13(8-6-12)21(27)28/h5-8,14,18H,3-4,9-11H2,1-2H3,(H,20,22)(H,25,26)/t14-,18+/m1/s1. The molecule has 2 N–H and O–H groups in total. The third kappa shape index (κ3) is 7.86. The number of benzene rings is 1. The number of aliphatic carboxylic acids is 1. The third-order valence-corrected chi connectivity index (χ3v) is 4.07. The number of carboxylic acid groups (broad SMARTS) is 1. The minimum atomic E-state index is -1.52. The Morgan fingerprint density at radius 2 is 1.60 bits per heavy atom. The molecular weight excluding hydrogens is 400 g/mol. The molecule has 11 nitrogen and oxygen atoms in total. The second-order valence-electron chi connectivity index (χ2n) is 6.15. The van der Waals surface area contributed by atoms with Crippen molar-refractivity contribution >= 4 is 29.5 Å². The topological polar surface area (TPSA) is 162 Å². The Labute approximate surface area is 172 Å². The maximum atomic E-state index is 12.2. The molecule has 1 aromatic rings. The number of carbonyl (C=O) groups is 4. The molecule has 1 rings (SSSR count). The second kappa shape index (κ2) is 12.1. The number of amides is 1. The van der Waals surface area contributed by atoms with Crippen LogP contribution in [0.4, 0.5) is 5.69 Å². The smallest absolute Gasteiger partial charge is 0.326 e. The van der Waals surface area contributed by atoms with Gasteiger partial charge in [-0.2, -0.15) is 0 Å². The number of nitrogens with one attached hydrogen (secondary N) is 1. The van der Waals surface area contributed by atoms with Crippen molar-refractivity contribution in [2.45, 2.75) is 45.1 Å². The Morgan fingerprint density at radius 1 is 1.03 bits per heavy atom. The highest BCUT2D eigenvalue weighted by molar-refractivity contribution is 5.87. The third-order valence-electron chi connectivity index (χ3n) is 4.07. The predicted molar refractivity (Wildman–Crippen MR) is 103 cm³/mol. The second-order valence-corrected chi connectivity index (χ2v) is 6.15. The Kier molecular flexibility index (Phi) is 9.93. The summed E-state index contributed by atoms with van der Waals surface area (Å²) in [6.45, 7) is 3.43. The Hall–Kier alpha value is -3.50. The zero-order valence-electron chi connectivity index (χ0n) is 16.7. The quantitative estimate of drug-likeness (QED) is 0.288. The zero-order valence-corrected chi connectivity index (χ0v) is 16.7. The van der Waals surface area contributed by atoms with Crippen molar-refractivity contribution < 1.29 is 38.7 Å². The van der Waals surface area contributed by atoms with Crippen molar-refractivity contribution in [3.8, 4) is 0 Å². The summed E-state index contributed by atoms with van der Waals surface area (Å²) >= 11 is 0. The monoisotopic (exact) mass is 424 g/mol. The van der Waals surface area contributed by atoms with Crippen LogP contribution in [0.5, 0.6) is 0 Å². The van der Waals surface area contributed by atoms with E-state index in [1.807, 2.05) is 0 Å².